The third-order valence-corrected chi connectivity index (χ3v) is 3.18. The van der Waals surface area contributed by atoms with Crippen molar-refractivity contribution < 1.29 is 9.53 Å². The molecule has 1 aromatic carbocycles. The van der Waals surface area contributed by atoms with Gasteiger partial charge in [0.25, 0.3) is 0 Å². The summed E-state index contributed by atoms with van der Waals surface area (Å²) in [5, 5.41) is 11.5. The second-order valence-electron chi connectivity index (χ2n) is 3.78. The fraction of sp³-hybridized carbons (Fsp3) is 0.385. The second-order valence-corrected chi connectivity index (χ2v) is 4.63. The van der Waals surface area contributed by atoms with Crippen molar-refractivity contribution in [3.8, 4) is 11.8 Å². The number of rotatable bonds is 5. The lowest BCUT2D eigenvalue weighted by atomic mass is 10.1. The molecule has 0 aromatic heterocycles. The van der Waals surface area contributed by atoms with E-state index < -0.39 is 5.92 Å². The summed E-state index contributed by atoms with van der Waals surface area (Å²) in [6.07, 6.45) is 0.522. The Hall–Kier alpha value is -1.54. The molecule has 18 heavy (non-hydrogen) atoms. The average molecular weight is 311 g/mol. The molecule has 1 aromatic rings. The first-order chi connectivity index (χ1) is 8.62. The van der Waals surface area contributed by atoms with E-state index in [0.717, 1.165) is 15.8 Å². The molecule has 0 spiro atoms. The van der Waals surface area contributed by atoms with Crippen molar-refractivity contribution in [1.29, 1.82) is 5.26 Å². The molecule has 0 bridgehead atoms. The minimum absolute atomic E-state index is 0.230. The first-order valence-corrected chi connectivity index (χ1v) is 6.41. The van der Waals surface area contributed by atoms with Gasteiger partial charge in [-0.2, -0.15) is 5.26 Å². The molecule has 1 unspecified atom stereocenters. The van der Waals surface area contributed by atoms with Gasteiger partial charge in [0.15, 0.2) is 0 Å². The van der Waals surface area contributed by atoms with Crippen molar-refractivity contribution in [2.75, 3.05) is 7.11 Å². The highest BCUT2D eigenvalue weighted by Gasteiger charge is 2.14. The van der Waals surface area contributed by atoms with Crippen LogP contribution >= 0.6 is 15.9 Å². The summed E-state index contributed by atoms with van der Waals surface area (Å²) in [6, 6.07) is 7.56. The minimum atomic E-state index is -0.577. The van der Waals surface area contributed by atoms with E-state index in [1.165, 1.54) is 0 Å². The van der Waals surface area contributed by atoms with Crippen LogP contribution < -0.4 is 10.1 Å². The fourth-order valence-corrected chi connectivity index (χ4v) is 2.06. The van der Waals surface area contributed by atoms with Crippen LogP contribution in [-0.2, 0) is 11.3 Å². The smallest absolute Gasteiger partial charge is 0.237 e. The maximum atomic E-state index is 11.6. The number of ether oxygens (including phenoxy) is 1. The zero-order valence-corrected chi connectivity index (χ0v) is 12.0. The normalized spacial score (nSPS) is 11.4. The quantitative estimate of drug-likeness (QED) is 0.909. The Morgan fingerprint density at radius 3 is 2.83 bits per heavy atom. The molecule has 5 heteroatoms. The van der Waals surface area contributed by atoms with Gasteiger partial charge in [-0.1, -0.05) is 13.0 Å². The molecule has 0 aliphatic rings. The molecule has 0 saturated carbocycles. The molecule has 1 amide bonds. The summed E-state index contributed by atoms with van der Waals surface area (Å²) in [5.41, 5.74) is 0.948. The number of carbonyl (C=O) groups excluding carboxylic acids is 1. The average Bonchev–Trinajstić information content (AvgIpc) is 2.38. The van der Waals surface area contributed by atoms with Gasteiger partial charge in [0, 0.05) is 6.54 Å². The number of carbonyl (C=O) groups is 1. The molecule has 1 rings (SSSR count). The molecule has 1 atom stereocenters. The summed E-state index contributed by atoms with van der Waals surface area (Å²) >= 11 is 3.38. The van der Waals surface area contributed by atoms with E-state index in [1.807, 2.05) is 31.2 Å². The number of benzene rings is 1. The summed E-state index contributed by atoms with van der Waals surface area (Å²) in [7, 11) is 1.60. The highest BCUT2D eigenvalue weighted by Crippen LogP contribution is 2.25. The predicted octanol–water partition coefficient (Wildman–Crippen LogP) is 2.62. The number of nitrogens with one attached hydrogen (secondary N) is 1. The SMILES string of the molecule is CCC(C#N)C(=O)NCc1ccc(OC)c(Br)c1. The predicted molar refractivity (Wildman–Crippen MR) is 71.9 cm³/mol. The number of hydrogen-bond acceptors (Lipinski definition) is 3. The number of methoxy groups -OCH3 is 1. The molecular formula is C13H15BrN2O2. The third-order valence-electron chi connectivity index (χ3n) is 2.56. The zero-order chi connectivity index (χ0) is 13.5. The Morgan fingerprint density at radius 1 is 1.61 bits per heavy atom. The van der Waals surface area contributed by atoms with Gasteiger partial charge in [-0.25, -0.2) is 0 Å². The standard InChI is InChI=1S/C13H15BrN2O2/c1-3-10(7-15)13(17)16-8-9-4-5-12(18-2)11(14)6-9/h4-6,10H,3,8H2,1-2H3,(H,16,17). The maximum Gasteiger partial charge on any atom is 0.237 e. The lowest BCUT2D eigenvalue weighted by Crippen LogP contribution is -2.29. The summed E-state index contributed by atoms with van der Waals surface area (Å²) < 4.78 is 5.96. The summed E-state index contributed by atoms with van der Waals surface area (Å²) in [5.74, 6) is -0.0628. The molecule has 0 aliphatic heterocycles. The van der Waals surface area contributed by atoms with Crippen LogP contribution in [0.2, 0.25) is 0 Å². The van der Waals surface area contributed by atoms with Gasteiger partial charge in [-0.05, 0) is 40.0 Å². The lowest BCUT2D eigenvalue weighted by Gasteiger charge is -2.09. The van der Waals surface area contributed by atoms with Crippen molar-refractivity contribution in [2.24, 2.45) is 5.92 Å². The first-order valence-electron chi connectivity index (χ1n) is 5.62. The van der Waals surface area contributed by atoms with E-state index in [2.05, 4.69) is 21.2 Å². The fourth-order valence-electron chi connectivity index (χ4n) is 1.47. The van der Waals surface area contributed by atoms with Crippen molar-refractivity contribution >= 4 is 21.8 Å². The molecule has 0 fully saturated rings. The van der Waals surface area contributed by atoms with Crippen LogP contribution in [0.3, 0.4) is 0 Å². The third kappa shape index (κ3) is 3.74. The summed E-state index contributed by atoms with van der Waals surface area (Å²) in [4.78, 5) is 11.6. The van der Waals surface area contributed by atoms with Crippen molar-refractivity contribution in [2.45, 2.75) is 19.9 Å². The lowest BCUT2D eigenvalue weighted by molar-refractivity contribution is -0.123. The van der Waals surface area contributed by atoms with Crippen LogP contribution in [0.5, 0.6) is 5.75 Å². The Kier molecular flexibility index (Phi) is 5.66. The number of nitriles is 1. The number of nitrogens with zero attached hydrogens (tertiary/aromatic N) is 1. The minimum Gasteiger partial charge on any atom is -0.496 e. The molecule has 4 nitrogen and oxygen atoms in total. The van der Waals surface area contributed by atoms with E-state index >= 15 is 0 Å². The molecule has 96 valence electrons. The first kappa shape index (κ1) is 14.5. The summed E-state index contributed by atoms with van der Waals surface area (Å²) in [6.45, 7) is 2.22. The van der Waals surface area contributed by atoms with Gasteiger partial charge in [0.2, 0.25) is 5.91 Å². The topological polar surface area (TPSA) is 62.1 Å². The Bertz CT molecular complexity index is 469. The monoisotopic (exact) mass is 310 g/mol. The Morgan fingerprint density at radius 2 is 2.33 bits per heavy atom. The molecule has 0 heterocycles. The largest absolute Gasteiger partial charge is 0.496 e. The van der Waals surface area contributed by atoms with Crippen LogP contribution in [0.1, 0.15) is 18.9 Å². The number of hydrogen-bond donors (Lipinski definition) is 1. The van der Waals surface area contributed by atoms with Crippen LogP contribution in [-0.4, -0.2) is 13.0 Å². The molecule has 0 aliphatic carbocycles. The number of halogens is 1. The van der Waals surface area contributed by atoms with Gasteiger partial charge in [0.1, 0.15) is 11.7 Å². The van der Waals surface area contributed by atoms with Gasteiger partial charge in [0.05, 0.1) is 17.7 Å². The Labute approximate surface area is 115 Å². The molecule has 0 radical (unpaired) electrons. The van der Waals surface area contributed by atoms with Crippen molar-refractivity contribution in [1.82, 2.24) is 5.32 Å². The molecular weight excluding hydrogens is 296 g/mol. The van der Waals surface area contributed by atoms with E-state index in [1.54, 1.807) is 7.11 Å². The van der Waals surface area contributed by atoms with Gasteiger partial charge < -0.3 is 10.1 Å². The highest BCUT2D eigenvalue weighted by molar-refractivity contribution is 9.10. The van der Waals surface area contributed by atoms with E-state index in [9.17, 15) is 4.79 Å². The maximum absolute atomic E-state index is 11.6. The van der Waals surface area contributed by atoms with Crippen molar-refractivity contribution in [3.63, 3.8) is 0 Å². The van der Waals surface area contributed by atoms with Gasteiger partial charge >= 0.3 is 0 Å². The Balaban J connectivity index is 2.62. The van der Waals surface area contributed by atoms with Gasteiger partial charge in [-0.15, -0.1) is 0 Å². The molecule has 1 N–H and O–H groups in total. The number of amides is 1. The van der Waals surface area contributed by atoms with E-state index in [0.29, 0.717) is 13.0 Å². The van der Waals surface area contributed by atoms with Crippen molar-refractivity contribution in [3.05, 3.63) is 28.2 Å². The van der Waals surface area contributed by atoms with Crippen LogP contribution in [0, 0.1) is 17.2 Å². The van der Waals surface area contributed by atoms with Crippen LogP contribution in [0.15, 0.2) is 22.7 Å². The van der Waals surface area contributed by atoms with Crippen LogP contribution in [0.25, 0.3) is 0 Å². The van der Waals surface area contributed by atoms with Crippen LogP contribution in [0.4, 0.5) is 0 Å². The highest BCUT2D eigenvalue weighted by atomic mass is 79.9. The zero-order valence-electron chi connectivity index (χ0n) is 10.4. The molecule has 0 saturated heterocycles. The van der Waals surface area contributed by atoms with Gasteiger partial charge in [-0.3, -0.25) is 4.79 Å². The van der Waals surface area contributed by atoms with E-state index in [4.69, 9.17) is 10.00 Å². The van der Waals surface area contributed by atoms with E-state index in [-0.39, 0.29) is 5.91 Å². The second kappa shape index (κ2) is 7.02.